The van der Waals surface area contributed by atoms with Crippen LogP contribution in [0.25, 0.3) is 0 Å². The number of esters is 1. The minimum absolute atomic E-state index is 0.272. The maximum atomic E-state index is 13.3. The molecule has 0 saturated heterocycles. The first kappa shape index (κ1) is 24.2. The van der Waals surface area contributed by atoms with Crippen molar-refractivity contribution in [1.82, 2.24) is 0 Å². The summed E-state index contributed by atoms with van der Waals surface area (Å²) in [6.45, 7) is 8.23. The Morgan fingerprint density at radius 2 is 1.48 bits per heavy atom. The van der Waals surface area contributed by atoms with Gasteiger partial charge in [0.25, 0.3) is 0 Å². The van der Waals surface area contributed by atoms with Crippen LogP contribution < -0.4 is 0 Å². The molecule has 0 saturated carbocycles. The van der Waals surface area contributed by atoms with E-state index in [0.29, 0.717) is 0 Å². The van der Waals surface area contributed by atoms with Crippen molar-refractivity contribution in [1.29, 1.82) is 0 Å². The summed E-state index contributed by atoms with van der Waals surface area (Å²) in [5, 5.41) is 0. The van der Waals surface area contributed by atoms with Gasteiger partial charge in [0.05, 0.1) is 0 Å². The van der Waals surface area contributed by atoms with E-state index in [2.05, 4.69) is 30.9 Å². The molecule has 1 aromatic rings. The second-order valence-corrected chi connectivity index (χ2v) is 20.6. The van der Waals surface area contributed by atoms with E-state index in [9.17, 15) is 9.18 Å². The van der Waals surface area contributed by atoms with Crippen LogP contribution in [0.15, 0.2) is 34.4 Å². The van der Waals surface area contributed by atoms with Crippen molar-refractivity contribution in [2.75, 3.05) is 0 Å². The van der Waals surface area contributed by atoms with Gasteiger partial charge in [-0.1, -0.05) is 0 Å². The third-order valence-electron chi connectivity index (χ3n) is 5.20. The first-order chi connectivity index (χ1) is 13.0. The Bertz CT molecular complexity index is 546. The Morgan fingerprint density at radius 1 is 1.00 bits per heavy atom. The molecule has 1 unspecified atom stereocenters. The Kier molecular flexibility index (Phi) is 12.0. The molecule has 2 nitrogen and oxygen atoms in total. The molecule has 0 N–H and O–H groups in total. The Balaban J connectivity index is 3.13. The fourth-order valence-electron chi connectivity index (χ4n) is 3.55. The minimum atomic E-state index is -2.44. The molecule has 27 heavy (non-hydrogen) atoms. The normalized spacial score (nSPS) is 13.1. The van der Waals surface area contributed by atoms with Gasteiger partial charge in [0.2, 0.25) is 0 Å². The van der Waals surface area contributed by atoms with E-state index >= 15 is 0 Å². The Morgan fingerprint density at radius 3 is 1.89 bits per heavy atom. The molecular formula is C23H37FO2Sn. The topological polar surface area (TPSA) is 26.3 Å². The van der Waals surface area contributed by atoms with Gasteiger partial charge in [0.1, 0.15) is 0 Å². The molecule has 0 aliphatic rings. The van der Waals surface area contributed by atoms with Crippen molar-refractivity contribution in [3.8, 4) is 0 Å². The molecule has 0 heterocycles. The Hall–Kier alpha value is -0.841. The molecule has 1 rings (SSSR count). The summed E-state index contributed by atoms with van der Waals surface area (Å²) >= 11 is -2.44. The molecule has 0 bridgehead atoms. The van der Waals surface area contributed by atoms with Crippen LogP contribution in [0.4, 0.5) is 4.39 Å². The SMILES string of the molecule is CCC[CH2][Sn](/[CH]=C/C(OC(C)=O)c1ccc(F)cc1)([CH2]CCC)[CH2]CCC. The zero-order valence-corrected chi connectivity index (χ0v) is 20.5. The number of rotatable bonds is 13. The predicted octanol–water partition coefficient (Wildman–Crippen LogP) is 7.37. The van der Waals surface area contributed by atoms with E-state index in [1.54, 1.807) is 12.1 Å². The van der Waals surface area contributed by atoms with Crippen LogP contribution in [-0.2, 0) is 9.53 Å². The van der Waals surface area contributed by atoms with Gasteiger partial charge in [-0.05, 0) is 0 Å². The van der Waals surface area contributed by atoms with E-state index in [0.717, 1.165) is 5.56 Å². The molecule has 152 valence electrons. The molecule has 0 fully saturated rings. The molecule has 4 heteroatoms. The van der Waals surface area contributed by atoms with Gasteiger partial charge in [-0.15, -0.1) is 0 Å². The third-order valence-corrected chi connectivity index (χ3v) is 19.3. The second kappa shape index (κ2) is 13.4. The zero-order chi connectivity index (χ0) is 20.1. The number of hydrogen-bond donors (Lipinski definition) is 0. The van der Waals surface area contributed by atoms with Crippen LogP contribution in [0.3, 0.4) is 0 Å². The van der Waals surface area contributed by atoms with E-state index in [4.69, 9.17) is 4.74 Å². The van der Waals surface area contributed by atoms with Gasteiger partial charge in [0, 0.05) is 0 Å². The van der Waals surface area contributed by atoms with Crippen LogP contribution in [0, 0.1) is 5.82 Å². The van der Waals surface area contributed by atoms with Crippen LogP contribution in [0.5, 0.6) is 0 Å². The number of carbonyl (C=O) groups excluding carboxylic acids is 1. The summed E-state index contributed by atoms with van der Waals surface area (Å²) in [5.74, 6) is -0.572. The molecule has 0 radical (unpaired) electrons. The summed E-state index contributed by atoms with van der Waals surface area (Å²) in [7, 11) is 0. The van der Waals surface area contributed by atoms with Gasteiger partial charge in [0.15, 0.2) is 0 Å². The monoisotopic (exact) mass is 484 g/mol. The third kappa shape index (κ3) is 9.27. The van der Waals surface area contributed by atoms with E-state index < -0.39 is 24.5 Å². The number of benzene rings is 1. The quantitative estimate of drug-likeness (QED) is 0.216. The molecular weight excluding hydrogens is 446 g/mol. The summed E-state index contributed by atoms with van der Waals surface area (Å²) in [4.78, 5) is 11.6. The van der Waals surface area contributed by atoms with Crippen LogP contribution in [0.2, 0.25) is 13.3 Å². The van der Waals surface area contributed by atoms with Crippen LogP contribution in [0.1, 0.15) is 77.9 Å². The van der Waals surface area contributed by atoms with Crippen molar-refractivity contribution in [2.45, 2.75) is 85.6 Å². The molecule has 0 aromatic heterocycles. The maximum absolute atomic E-state index is 13.3. The summed E-state index contributed by atoms with van der Waals surface area (Å²) in [5.41, 5.74) is 0.838. The fraction of sp³-hybridized carbons (Fsp3) is 0.609. The zero-order valence-electron chi connectivity index (χ0n) is 17.6. The second-order valence-electron chi connectivity index (χ2n) is 7.61. The summed E-state index contributed by atoms with van der Waals surface area (Å²) in [6, 6.07) is 6.30. The van der Waals surface area contributed by atoms with Crippen molar-refractivity contribution in [3.63, 3.8) is 0 Å². The molecule has 0 spiro atoms. The summed E-state index contributed by atoms with van der Waals surface area (Å²) < 4.78 is 25.5. The average molecular weight is 483 g/mol. The molecule has 1 aromatic carbocycles. The number of ether oxygens (including phenoxy) is 1. The number of carbonyl (C=O) groups is 1. The Labute approximate surface area is 169 Å². The van der Waals surface area contributed by atoms with Gasteiger partial charge in [-0.25, -0.2) is 0 Å². The number of unbranched alkanes of at least 4 members (excludes halogenated alkanes) is 3. The molecule has 0 amide bonds. The predicted molar refractivity (Wildman–Crippen MR) is 115 cm³/mol. The van der Waals surface area contributed by atoms with E-state index in [1.165, 1.54) is 70.9 Å². The van der Waals surface area contributed by atoms with Gasteiger partial charge in [-0.3, -0.25) is 0 Å². The average Bonchev–Trinajstić information content (AvgIpc) is 2.66. The van der Waals surface area contributed by atoms with Crippen molar-refractivity contribution in [2.24, 2.45) is 0 Å². The van der Waals surface area contributed by atoms with Gasteiger partial charge < -0.3 is 0 Å². The van der Waals surface area contributed by atoms with Crippen molar-refractivity contribution >= 4 is 24.3 Å². The molecule has 1 atom stereocenters. The molecule has 0 aliphatic heterocycles. The van der Waals surface area contributed by atoms with Gasteiger partial charge >= 0.3 is 170 Å². The van der Waals surface area contributed by atoms with E-state index in [1.807, 2.05) is 0 Å². The van der Waals surface area contributed by atoms with Gasteiger partial charge in [-0.2, -0.15) is 0 Å². The first-order valence-electron chi connectivity index (χ1n) is 10.6. The fourth-order valence-corrected chi connectivity index (χ4v) is 17.8. The summed E-state index contributed by atoms with van der Waals surface area (Å²) in [6.07, 6.45) is 9.28. The van der Waals surface area contributed by atoms with Crippen LogP contribution in [-0.4, -0.2) is 24.3 Å². The number of hydrogen-bond acceptors (Lipinski definition) is 2. The van der Waals surface area contributed by atoms with Crippen molar-refractivity contribution in [3.05, 3.63) is 45.8 Å². The molecule has 0 aliphatic carbocycles. The van der Waals surface area contributed by atoms with Crippen LogP contribution >= 0.6 is 0 Å². The van der Waals surface area contributed by atoms with Crippen molar-refractivity contribution < 1.29 is 13.9 Å². The van der Waals surface area contributed by atoms with E-state index in [-0.39, 0.29) is 11.8 Å². The number of halogens is 1. The standard InChI is InChI=1S/C11H10FO2.3C4H9.Sn/c1-3-11(14-8(2)13)9-4-6-10(12)7-5-9;3*1-3-4-2;/h1,3-7,11H,2H3;3*1,3-4H2,2H3;. The first-order valence-corrected chi connectivity index (χ1v) is 18.3.